The van der Waals surface area contributed by atoms with Crippen molar-refractivity contribution in [1.82, 2.24) is 15.5 Å². The standard InChI is InChI=1S/C30H41N3O4S/c1-8-17-33(28(35)25(16-18-38-7)32-29(36)37-30(4,5)6)26(24-15-14-21(2)22(3)19-24)27(34)31-20-23-12-10-9-11-13-23/h8-15,19,25-26H,1,16-18,20H2,2-7H3,(H,31,34)(H,32,36). The third-order valence-corrected chi connectivity index (χ3v) is 6.57. The van der Waals surface area contributed by atoms with E-state index in [1.54, 1.807) is 38.6 Å². The van der Waals surface area contributed by atoms with Crippen LogP contribution in [-0.4, -0.2) is 53.0 Å². The fourth-order valence-corrected chi connectivity index (χ4v) is 4.37. The Bertz CT molecular complexity index is 1100. The van der Waals surface area contributed by atoms with Gasteiger partial charge in [-0.05, 0) is 75.3 Å². The lowest BCUT2D eigenvalue weighted by Gasteiger charge is -2.34. The summed E-state index contributed by atoms with van der Waals surface area (Å²) in [6, 6.07) is 13.6. The third-order valence-electron chi connectivity index (χ3n) is 5.92. The van der Waals surface area contributed by atoms with Gasteiger partial charge in [-0.2, -0.15) is 11.8 Å². The molecule has 0 radical (unpaired) electrons. The van der Waals surface area contributed by atoms with Crippen molar-refractivity contribution in [2.24, 2.45) is 0 Å². The second-order valence-corrected chi connectivity index (χ2v) is 11.2. The second-order valence-electron chi connectivity index (χ2n) is 10.2. The number of alkyl carbamates (subject to hydrolysis) is 1. The summed E-state index contributed by atoms with van der Waals surface area (Å²) in [6.45, 7) is 13.6. The topological polar surface area (TPSA) is 87.7 Å². The molecule has 2 aromatic rings. The first-order valence-electron chi connectivity index (χ1n) is 12.8. The van der Waals surface area contributed by atoms with E-state index >= 15 is 0 Å². The van der Waals surface area contributed by atoms with Crippen LogP contribution in [0.1, 0.15) is 55.5 Å². The molecular formula is C30H41N3O4S. The minimum Gasteiger partial charge on any atom is -0.444 e. The predicted molar refractivity (Wildman–Crippen MR) is 155 cm³/mol. The molecule has 0 saturated heterocycles. The molecule has 3 amide bonds. The van der Waals surface area contributed by atoms with Crippen molar-refractivity contribution in [2.45, 2.75) is 65.3 Å². The van der Waals surface area contributed by atoms with Gasteiger partial charge in [0.25, 0.3) is 0 Å². The number of hydrogen-bond acceptors (Lipinski definition) is 5. The molecule has 0 fully saturated rings. The van der Waals surface area contributed by atoms with E-state index in [0.29, 0.717) is 24.3 Å². The second kappa shape index (κ2) is 14.6. The molecule has 2 N–H and O–H groups in total. The van der Waals surface area contributed by atoms with Gasteiger partial charge in [0.1, 0.15) is 17.7 Å². The van der Waals surface area contributed by atoms with Crippen molar-refractivity contribution in [3.63, 3.8) is 0 Å². The van der Waals surface area contributed by atoms with Crippen LogP contribution in [0.3, 0.4) is 0 Å². The van der Waals surface area contributed by atoms with Crippen LogP contribution in [0.25, 0.3) is 0 Å². The van der Waals surface area contributed by atoms with Gasteiger partial charge in [-0.15, -0.1) is 6.58 Å². The summed E-state index contributed by atoms with van der Waals surface area (Å²) in [5, 5.41) is 5.73. The first-order valence-corrected chi connectivity index (χ1v) is 14.1. The van der Waals surface area contributed by atoms with Crippen molar-refractivity contribution < 1.29 is 19.1 Å². The number of carbonyl (C=O) groups excluding carboxylic acids is 3. The molecule has 2 atom stereocenters. The lowest BCUT2D eigenvalue weighted by Crippen LogP contribution is -2.53. The average Bonchev–Trinajstić information content (AvgIpc) is 2.86. The summed E-state index contributed by atoms with van der Waals surface area (Å²) in [5.41, 5.74) is 3.03. The van der Waals surface area contributed by atoms with Gasteiger partial charge in [0.2, 0.25) is 11.8 Å². The van der Waals surface area contributed by atoms with Crippen molar-refractivity contribution in [1.29, 1.82) is 0 Å². The monoisotopic (exact) mass is 539 g/mol. The fraction of sp³-hybridized carbons (Fsp3) is 0.433. The van der Waals surface area contributed by atoms with Gasteiger partial charge in [-0.1, -0.05) is 54.6 Å². The molecule has 0 aliphatic rings. The Hall–Kier alpha value is -3.26. The summed E-state index contributed by atoms with van der Waals surface area (Å²) >= 11 is 1.57. The molecular weight excluding hydrogens is 498 g/mol. The SMILES string of the molecule is C=CCN(C(=O)C(CCSC)NC(=O)OC(C)(C)C)C(C(=O)NCc1ccccc1)c1ccc(C)c(C)c1. The van der Waals surface area contributed by atoms with E-state index in [-0.39, 0.29) is 18.4 Å². The van der Waals surface area contributed by atoms with Crippen LogP contribution in [0.5, 0.6) is 0 Å². The molecule has 0 aromatic heterocycles. The highest BCUT2D eigenvalue weighted by molar-refractivity contribution is 7.98. The minimum absolute atomic E-state index is 0.126. The van der Waals surface area contributed by atoms with Crippen molar-refractivity contribution in [3.05, 3.63) is 83.4 Å². The molecule has 2 unspecified atom stereocenters. The van der Waals surface area contributed by atoms with E-state index in [2.05, 4.69) is 17.2 Å². The lowest BCUT2D eigenvalue weighted by molar-refractivity contribution is -0.142. The van der Waals surface area contributed by atoms with Gasteiger partial charge in [-0.3, -0.25) is 9.59 Å². The highest BCUT2D eigenvalue weighted by Gasteiger charge is 2.35. The van der Waals surface area contributed by atoms with Gasteiger partial charge in [-0.25, -0.2) is 4.79 Å². The highest BCUT2D eigenvalue weighted by Crippen LogP contribution is 2.25. The number of rotatable bonds is 12. The molecule has 0 spiro atoms. The van der Waals surface area contributed by atoms with Crippen LogP contribution >= 0.6 is 11.8 Å². The van der Waals surface area contributed by atoms with E-state index in [4.69, 9.17) is 4.74 Å². The minimum atomic E-state index is -0.916. The van der Waals surface area contributed by atoms with Crippen molar-refractivity contribution in [2.75, 3.05) is 18.6 Å². The zero-order chi connectivity index (χ0) is 28.3. The first-order chi connectivity index (χ1) is 18.0. The maximum atomic E-state index is 14.0. The number of nitrogens with zero attached hydrogens (tertiary/aromatic N) is 1. The summed E-state index contributed by atoms with van der Waals surface area (Å²) in [4.78, 5) is 41.8. The number of thioether (sulfide) groups is 1. The summed E-state index contributed by atoms with van der Waals surface area (Å²) in [5.74, 6) is -0.0427. The third kappa shape index (κ3) is 9.56. The Labute approximate surface area is 231 Å². The predicted octanol–water partition coefficient (Wildman–Crippen LogP) is 5.32. The Morgan fingerprint density at radius 3 is 2.34 bits per heavy atom. The Balaban J connectivity index is 2.45. The number of aryl methyl sites for hydroxylation is 2. The van der Waals surface area contributed by atoms with E-state index in [1.165, 1.54) is 4.90 Å². The molecule has 0 aliphatic carbocycles. The summed E-state index contributed by atoms with van der Waals surface area (Å²) < 4.78 is 5.42. The van der Waals surface area contributed by atoms with Crippen molar-refractivity contribution >= 4 is 29.7 Å². The molecule has 2 rings (SSSR count). The molecule has 206 valence electrons. The number of nitrogens with one attached hydrogen (secondary N) is 2. The molecule has 2 aromatic carbocycles. The number of benzene rings is 2. The maximum Gasteiger partial charge on any atom is 0.408 e. The normalized spacial score (nSPS) is 12.7. The summed E-state index contributed by atoms with van der Waals surface area (Å²) in [6.07, 6.45) is 3.24. The van der Waals surface area contributed by atoms with E-state index in [1.807, 2.05) is 68.6 Å². The van der Waals surface area contributed by atoms with Crippen molar-refractivity contribution in [3.8, 4) is 0 Å². The number of ether oxygens (including phenoxy) is 1. The zero-order valence-corrected chi connectivity index (χ0v) is 24.2. The molecule has 0 heterocycles. The van der Waals surface area contributed by atoms with Crippen LogP contribution in [0.4, 0.5) is 4.79 Å². The smallest absolute Gasteiger partial charge is 0.408 e. The number of carbonyl (C=O) groups is 3. The fourth-order valence-electron chi connectivity index (χ4n) is 3.89. The number of hydrogen-bond donors (Lipinski definition) is 2. The Kier molecular flexibility index (Phi) is 11.9. The Morgan fingerprint density at radius 2 is 1.76 bits per heavy atom. The van der Waals surface area contributed by atoms with Gasteiger partial charge in [0.05, 0.1) is 0 Å². The van der Waals surface area contributed by atoms with Gasteiger partial charge in [0, 0.05) is 13.1 Å². The van der Waals surface area contributed by atoms with E-state index in [9.17, 15) is 14.4 Å². The van der Waals surface area contributed by atoms with Crippen LogP contribution < -0.4 is 10.6 Å². The molecule has 0 saturated carbocycles. The zero-order valence-electron chi connectivity index (χ0n) is 23.4. The molecule has 0 aliphatic heterocycles. The quantitative estimate of drug-likeness (QED) is 0.357. The first kappa shape index (κ1) is 31.0. The highest BCUT2D eigenvalue weighted by atomic mass is 32.2. The van der Waals surface area contributed by atoms with E-state index in [0.717, 1.165) is 16.7 Å². The van der Waals surface area contributed by atoms with E-state index < -0.39 is 23.8 Å². The molecule has 0 bridgehead atoms. The van der Waals surface area contributed by atoms with Gasteiger partial charge >= 0.3 is 6.09 Å². The molecule has 38 heavy (non-hydrogen) atoms. The number of amides is 3. The van der Waals surface area contributed by atoms with Crippen LogP contribution in [0, 0.1) is 13.8 Å². The maximum absolute atomic E-state index is 14.0. The summed E-state index contributed by atoms with van der Waals surface area (Å²) in [7, 11) is 0. The van der Waals surface area contributed by atoms with Crippen LogP contribution in [-0.2, 0) is 20.9 Å². The lowest BCUT2D eigenvalue weighted by atomic mass is 9.98. The van der Waals surface area contributed by atoms with Gasteiger partial charge in [0.15, 0.2) is 0 Å². The average molecular weight is 540 g/mol. The Morgan fingerprint density at radius 1 is 1.08 bits per heavy atom. The molecule has 8 heteroatoms. The van der Waals surface area contributed by atoms with Crippen LogP contribution in [0.2, 0.25) is 0 Å². The van der Waals surface area contributed by atoms with Gasteiger partial charge < -0.3 is 20.3 Å². The largest absolute Gasteiger partial charge is 0.444 e. The van der Waals surface area contributed by atoms with Crippen LogP contribution in [0.15, 0.2) is 61.2 Å². The molecule has 7 nitrogen and oxygen atoms in total.